The lowest BCUT2D eigenvalue weighted by molar-refractivity contribution is 0.679. The van der Waals surface area contributed by atoms with Gasteiger partial charge in [0.25, 0.3) is 0 Å². The Morgan fingerprint density at radius 1 is 1.80 bits per heavy atom. The standard InChI is InChI=1S/C5H11N5/c1-3-7-5-4(6)8-9-10(5)2/h9H,3H2,1-2H3,(H2,6,8)/b7-5-. The van der Waals surface area contributed by atoms with Crippen LogP contribution in [0.15, 0.2) is 4.99 Å². The maximum absolute atomic E-state index is 5.47. The van der Waals surface area contributed by atoms with Crippen molar-refractivity contribution in [3.8, 4) is 0 Å². The fraction of sp³-hybridized carbons (Fsp3) is 0.600. The van der Waals surface area contributed by atoms with E-state index in [2.05, 4.69) is 15.3 Å². The average molecular weight is 141 g/mol. The molecule has 0 aliphatic rings. The van der Waals surface area contributed by atoms with Crippen LogP contribution in [0.2, 0.25) is 0 Å². The summed E-state index contributed by atoms with van der Waals surface area (Å²) >= 11 is 0. The molecule has 0 spiro atoms. The second kappa shape index (κ2) is 2.55. The first-order chi connectivity index (χ1) is 4.75. The van der Waals surface area contributed by atoms with E-state index in [1.54, 1.807) is 4.68 Å². The van der Waals surface area contributed by atoms with E-state index in [9.17, 15) is 0 Å². The van der Waals surface area contributed by atoms with E-state index in [1.165, 1.54) is 0 Å². The van der Waals surface area contributed by atoms with Crippen LogP contribution in [0.25, 0.3) is 0 Å². The van der Waals surface area contributed by atoms with Gasteiger partial charge in [-0.15, -0.1) is 5.10 Å². The van der Waals surface area contributed by atoms with Crippen LogP contribution in [0.4, 0.5) is 5.82 Å². The number of rotatable bonds is 1. The van der Waals surface area contributed by atoms with Crippen molar-refractivity contribution in [1.29, 1.82) is 0 Å². The molecule has 0 bridgehead atoms. The summed E-state index contributed by atoms with van der Waals surface area (Å²) in [6, 6.07) is 0. The third-order valence-electron chi connectivity index (χ3n) is 1.18. The van der Waals surface area contributed by atoms with E-state index in [1.807, 2.05) is 14.0 Å². The molecule has 0 radical (unpaired) electrons. The summed E-state index contributed by atoms with van der Waals surface area (Å²) < 4.78 is 1.68. The van der Waals surface area contributed by atoms with Crippen molar-refractivity contribution in [1.82, 2.24) is 15.0 Å². The van der Waals surface area contributed by atoms with Crippen LogP contribution < -0.4 is 11.2 Å². The number of hydrogen-bond donors (Lipinski definition) is 2. The van der Waals surface area contributed by atoms with E-state index in [-0.39, 0.29) is 0 Å². The van der Waals surface area contributed by atoms with Gasteiger partial charge in [-0.2, -0.15) is 0 Å². The molecule has 10 heavy (non-hydrogen) atoms. The first kappa shape index (κ1) is 6.85. The molecule has 0 aliphatic heterocycles. The number of nitrogen functional groups attached to an aromatic ring is 1. The summed E-state index contributed by atoms with van der Waals surface area (Å²) in [6.45, 7) is 2.67. The maximum atomic E-state index is 5.47. The molecule has 0 aliphatic carbocycles. The minimum Gasteiger partial charge on any atom is -0.379 e. The second-order valence-electron chi connectivity index (χ2n) is 1.95. The van der Waals surface area contributed by atoms with Crippen molar-refractivity contribution in [2.45, 2.75) is 6.92 Å². The molecule has 0 saturated heterocycles. The molecular formula is C5H11N5. The first-order valence-corrected chi connectivity index (χ1v) is 3.13. The third-order valence-corrected chi connectivity index (χ3v) is 1.18. The molecule has 1 aromatic heterocycles. The van der Waals surface area contributed by atoms with Gasteiger partial charge in [0.05, 0.1) is 0 Å². The van der Waals surface area contributed by atoms with Crippen molar-refractivity contribution in [2.24, 2.45) is 12.0 Å². The Labute approximate surface area is 58.6 Å². The van der Waals surface area contributed by atoms with Crippen LogP contribution in [-0.2, 0) is 7.05 Å². The Bertz CT molecular complexity index is 245. The van der Waals surface area contributed by atoms with Crippen molar-refractivity contribution in [3.63, 3.8) is 0 Å². The number of nitrogens with zero attached hydrogens (tertiary/aromatic N) is 3. The van der Waals surface area contributed by atoms with E-state index >= 15 is 0 Å². The van der Waals surface area contributed by atoms with Gasteiger partial charge in [0.1, 0.15) is 0 Å². The molecule has 1 rings (SSSR count). The van der Waals surface area contributed by atoms with Gasteiger partial charge in [0.2, 0.25) is 0 Å². The molecule has 0 aromatic carbocycles. The van der Waals surface area contributed by atoms with Crippen LogP contribution >= 0.6 is 0 Å². The van der Waals surface area contributed by atoms with E-state index in [0.29, 0.717) is 11.3 Å². The van der Waals surface area contributed by atoms with Gasteiger partial charge < -0.3 is 5.73 Å². The van der Waals surface area contributed by atoms with Crippen LogP contribution in [0.3, 0.4) is 0 Å². The number of nitrogens with two attached hydrogens (primary N) is 1. The number of aryl methyl sites for hydroxylation is 1. The summed E-state index contributed by atoms with van der Waals surface area (Å²) in [5, 5.41) is 6.43. The molecule has 0 amide bonds. The number of H-pyrrole nitrogens is 1. The number of anilines is 1. The molecule has 5 nitrogen and oxygen atoms in total. The largest absolute Gasteiger partial charge is 0.379 e. The quantitative estimate of drug-likeness (QED) is 0.540. The summed E-state index contributed by atoms with van der Waals surface area (Å²) in [6.07, 6.45) is 0. The highest BCUT2D eigenvalue weighted by Gasteiger charge is 1.94. The van der Waals surface area contributed by atoms with Crippen LogP contribution in [0, 0.1) is 0 Å². The number of hydrogen-bond acceptors (Lipinski definition) is 3. The summed E-state index contributed by atoms with van der Waals surface area (Å²) in [4.78, 5) is 4.11. The Morgan fingerprint density at radius 3 is 2.90 bits per heavy atom. The molecule has 0 saturated carbocycles. The first-order valence-electron chi connectivity index (χ1n) is 3.13. The molecule has 56 valence electrons. The van der Waals surface area contributed by atoms with Crippen LogP contribution in [0.5, 0.6) is 0 Å². The highest BCUT2D eigenvalue weighted by molar-refractivity contribution is 5.19. The predicted octanol–water partition coefficient (Wildman–Crippen LogP) is -0.749. The highest BCUT2D eigenvalue weighted by Crippen LogP contribution is 1.78. The second-order valence-corrected chi connectivity index (χ2v) is 1.95. The van der Waals surface area contributed by atoms with Gasteiger partial charge in [-0.05, 0) is 6.92 Å². The smallest absolute Gasteiger partial charge is 0.189 e. The molecule has 0 fully saturated rings. The normalized spacial score (nSPS) is 12.4. The van der Waals surface area contributed by atoms with E-state index < -0.39 is 0 Å². The van der Waals surface area contributed by atoms with Gasteiger partial charge in [-0.25, -0.2) is 5.21 Å². The molecule has 0 atom stereocenters. The zero-order valence-electron chi connectivity index (χ0n) is 6.13. The maximum Gasteiger partial charge on any atom is 0.189 e. The number of aromatic nitrogens is 3. The third kappa shape index (κ3) is 1.02. The molecule has 3 N–H and O–H groups in total. The Kier molecular flexibility index (Phi) is 1.75. The highest BCUT2D eigenvalue weighted by atomic mass is 15.4. The van der Waals surface area contributed by atoms with Crippen LogP contribution in [0.1, 0.15) is 6.92 Å². The Balaban J connectivity index is 3.23. The lowest BCUT2D eigenvalue weighted by Crippen LogP contribution is -2.17. The van der Waals surface area contributed by atoms with Crippen molar-refractivity contribution in [2.75, 3.05) is 12.3 Å². The summed E-state index contributed by atoms with van der Waals surface area (Å²) in [5.41, 5.74) is 6.18. The van der Waals surface area contributed by atoms with Gasteiger partial charge in [0, 0.05) is 13.6 Å². The SMILES string of the molecule is CC/N=c1/c(N)n[nH]n1C. The van der Waals surface area contributed by atoms with Crippen molar-refractivity contribution >= 4 is 5.82 Å². The average Bonchev–Trinajstić information content (AvgIpc) is 2.20. The monoisotopic (exact) mass is 141 g/mol. The minimum absolute atomic E-state index is 0.448. The number of nitrogens with one attached hydrogen (secondary N) is 1. The Hall–Kier alpha value is -1.26. The fourth-order valence-electron chi connectivity index (χ4n) is 0.735. The van der Waals surface area contributed by atoms with Gasteiger partial charge in [0.15, 0.2) is 11.3 Å². The predicted molar refractivity (Wildman–Crippen MR) is 38.1 cm³/mol. The molecule has 1 aromatic rings. The lowest BCUT2D eigenvalue weighted by Gasteiger charge is -1.86. The van der Waals surface area contributed by atoms with Gasteiger partial charge in [-0.1, -0.05) is 0 Å². The topological polar surface area (TPSA) is 72.0 Å². The fourth-order valence-corrected chi connectivity index (χ4v) is 0.735. The Morgan fingerprint density at radius 2 is 2.50 bits per heavy atom. The van der Waals surface area contributed by atoms with E-state index in [4.69, 9.17) is 5.73 Å². The zero-order valence-corrected chi connectivity index (χ0v) is 6.13. The van der Waals surface area contributed by atoms with Crippen molar-refractivity contribution < 1.29 is 0 Å². The van der Waals surface area contributed by atoms with Crippen molar-refractivity contribution in [3.05, 3.63) is 5.49 Å². The summed E-state index contributed by atoms with van der Waals surface area (Å²) in [5.74, 6) is 0.448. The van der Waals surface area contributed by atoms with E-state index in [0.717, 1.165) is 6.54 Å². The molecule has 0 unspecified atom stereocenters. The number of aromatic amines is 1. The lowest BCUT2D eigenvalue weighted by atomic mass is 10.7. The van der Waals surface area contributed by atoms with Gasteiger partial charge >= 0.3 is 0 Å². The minimum atomic E-state index is 0.448. The molecule has 5 heteroatoms. The molecule has 1 heterocycles. The van der Waals surface area contributed by atoms with Crippen LogP contribution in [-0.4, -0.2) is 21.5 Å². The van der Waals surface area contributed by atoms with Gasteiger partial charge in [-0.3, -0.25) is 9.67 Å². The molecular weight excluding hydrogens is 130 g/mol. The zero-order chi connectivity index (χ0) is 7.56. The summed E-state index contributed by atoms with van der Waals surface area (Å²) in [7, 11) is 1.82.